The summed E-state index contributed by atoms with van der Waals surface area (Å²) in [5.41, 5.74) is 2.53. The molecule has 2 aromatic rings. The van der Waals surface area contributed by atoms with Crippen LogP contribution < -0.4 is 5.69 Å². The number of hydrogen-bond donors (Lipinski definition) is 3. The van der Waals surface area contributed by atoms with Crippen molar-refractivity contribution in [2.45, 2.75) is 57.6 Å². The van der Waals surface area contributed by atoms with Gasteiger partial charge in [0.2, 0.25) is 5.91 Å². The Hall–Kier alpha value is -2.08. The lowest BCUT2D eigenvalue weighted by molar-refractivity contribution is -0.132. The van der Waals surface area contributed by atoms with Crippen LogP contribution in [-0.2, 0) is 11.2 Å². The molecule has 130 valence electrons. The monoisotopic (exact) mass is 331 g/mol. The summed E-state index contributed by atoms with van der Waals surface area (Å²) in [5.74, 6) is 0.189. The van der Waals surface area contributed by atoms with E-state index in [1.54, 1.807) is 6.92 Å². The maximum absolute atomic E-state index is 12.4. The van der Waals surface area contributed by atoms with Crippen molar-refractivity contribution in [3.8, 4) is 0 Å². The third-order valence-electron chi connectivity index (χ3n) is 4.75. The highest BCUT2D eigenvalue weighted by atomic mass is 16.3. The van der Waals surface area contributed by atoms with E-state index in [2.05, 4.69) is 9.97 Å². The van der Waals surface area contributed by atoms with Gasteiger partial charge in [0.1, 0.15) is 0 Å². The number of rotatable bonds is 6. The minimum atomic E-state index is -0.362. The predicted molar refractivity (Wildman–Crippen MR) is 92.9 cm³/mol. The normalized spacial score (nSPS) is 19.1. The third kappa shape index (κ3) is 3.87. The fourth-order valence-electron chi connectivity index (χ4n) is 3.63. The third-order valence-corrected chi connectivity index (χ3v) is 4.75. The van der Waals surface area contributed by atoms with Crippen LogP contribution in [0.25, 0.3) is 11.0 Å². The Balaban J connectivity index is 1.53. The summed E-state index contributed by atoms with van der Waals surface area (Å²) in [6, 6.07) is 6.04. The summed E-state index contributed by atoms with van der Waals surface area (Å²) in [6.45, 7) is 2.59. The first-order valence-electron chi connectivity index (χ1n) is 8.71. The van der Waals surface area contributed by atoms with Crippen LogP contribution in [0, 0.1) is 0 Å². The number of aryl methyl sites for hydroxylation is 1. The number of likely N-dealkylation sites (tertiary alicyclic amines) is 1. The summed E-state index contributed by atoms with van der Waals surface area (Å²) in [7, 11) is 0. The number of nitrogens with zero attached hydrogens (tertiary/aromatic N) is 1. The van der Waals surface area contributed by atoms with Gasteiger partial charge in [0.05, 0.1) is 17.1 Å². The molecule has 2 heterocycles. The zero-order valence-electron chi connectivity index (χ0n) is 14.0. The number of amides is 1. The van der Waals surface area contributed by atoms with Crippen molar-refractivity contribution in [1.29, 1.82) is 0 Å². The maximum Gasteiger partial charge on any atom is 0.323 e. The van der Waals surface area contributed by atoms with Crippen LogP contribution in [0.15, 0.2) is 23.0 Å². The Kier molecular flexibility index (Phi) is 5.04. The number of aliphatic hydroxyl groups excluding tert-OH is 1. The fraction of sp³-hybridized carbons (Fsp3) is 0.556. The Labute approximate surface area is 140 Å². The van der Waals surface area contributed by atoms with Gasteiger partial charge >= 0.3 is 5.69 Å². The van der Waals surface area contributed by atoms with E-state index in [1.165, 1.54) is 0 Å². The largest absolute Gasteiger partial charge is 0.393 e. The topological polar surface area (TPSA) is 89.2 Å². The van der Waals surface area contributed by atoms with Crippen molar-refractivity contribution < 1.29 is 9.90 Å². The van der Waals surface area contributed by atoms with E-state index in [9.17, 15) is 14.7 Å². The highest BCUT2D eigenvalue weighted by Crippen LogP contribution is 2.23. The van der Waals surface area contributed by atoms with Crippen LogP contribution in [0.5, 0.6) is 0 Å². The standard InChI is InChI=1S/C18H25N3O3/c1-12(22)10-14-5-3-9-21(14)17(23)6-2-4-13-7-8-15-16(11-13)20-18(24)19-15/h7-8,11-12,14,22H,2-6,9-10H2,1H3,(H2,19,20,24). The van der Waals surface area contributed by atoms with Crippen LogP contribution in [0.2, 0.25) is 0 Å². The average Bonchev–Trinajstić information content (AvgIpc) is 3.11. The molecule has 0 aliphatic carbocycles. The first kappa shape index (κ1) is 16.8. The summed E-state index contributed by atoms with van der Waals surface area (Å²) in [5, 5.41) is 9.56. The predicted octanol–water partition coefficient (Wildman–Crippen LogP) is 1.94. The van der Waals surface area contributed by atoms with Crippen molar-refractivity contribution >= 4 is 16.9 Å². The molecule has 1 aliphatic heterocycles. The molecule has 2 atom stereocenters. The molecular formula is C18H25N3O3. The van der Waals surface area contributed by atoms with Gasteiger partial charge in [-0.05, 0) is 56.7 Å². The SMILES string of the molecule is CC(O)CC1CCCN1C(=O)CCCc1ccc2[nH]c(=O)[nH]c2c1. The lowest BCUT2D eigenvalue weighted by atomic mass is 10.1. The number of hydrogen-bond acceptors (Lipinski definition) is 3. The molecule has 0 saturated carbocycles. The van der Waals surface area contributed by atoms with Gasteiger partial charge in [-0.1, -0.05) is 6.07 Å². The number of H-pyrrole nitrogens is 2. The molecule has 0 spiro atoms. The van der Waals surface area contributed by atoms with Crippen LogP contribution in [0.1, 0.15) is 44.6 Å². The Morgan fingerprint density at radius 3 is 2.96 bits per heavy atom. The second-order valence-electron chi connectivity index (χ2n) is 6.78. The fourth-order valence-corrected chi connectivity index (χ4v) is 3.63. The molecule has 1 aromatic carbocycles. The van der Waals surface area contributed by atoms with Gasteiger partial charge in [0.25, 0.3) is 0 Å². The smallest absolute Gasteiger partial charge is 0.323 e. The summed E-state index contributed by atoms with van der Waals surface area (Å²) < 4.78 is 0. The molecule has 1 fully saturated rings. The molecular weight excluding hydrogens is 306 g/mol. The number of aliphatic hydroxyl groups is 1. The van der Waals surface area contributed by atoms with Crippen LogP contribution in [0.4, 0.5) is 0 Å². The number of aromatic nitrogens is 2. The lowest BCUT2D eigenvalue weighted by Crippen LogP contribution is -2.37. The van der Waals surface area contributed by atoms with Gasteiger partial charge in [0.15, 0.2) is 0 Å². The first-order chi connectivity index (χ1) is 11.5. The molecule has 1 amide bonds. The second kappa shape index (κ2) is 7.21. The first-order valence-corrected chi connectivity index (χ1v) is 8.71. The van der Waals surface area contributed by atoms with Crippen molar-refractivity contribution in [3.63, 3.8) is 0 Å². The van der Waals surface area contributed by atoms with E-state index >= 15 is 0 Å². The van der Waals surface area contributed by atoms with Crippen LogP contribution in [0.3, 0.4) is 0 Å². The van der Waals surface area contributed by atoms with E-state index in [1.807, 2.05) is 23.1 Å². The van der Waals surface area contributed by atoms with Gasteiger partial charge in [-0.2, -0.15) is 0 Å². The molecule has 1 saturated heterocycles. The van der Waals surface area contributed by atoms with E-state index in [-0.39, 0.29) is 23.7 Å². The number of carbonyl (C=O) groups excluding carboxylic acids is 1. The van der Waals surface area contributed by atoms with Crippen molar-refractivity contribution in [3.05, 3.63) is 34.2 Å². The van der Waals surface area contributed by atoms with E-state index in [4.69, 9.17) is 0 Å². The van der Waals surface area contributed by atoms with Crippen LogP contribution >= 0.6 is 0 Å². The quantitative estimate of drug-likeness (QED) is 0.756. The van der Waals surface area contributed by atoms with Crippen LogP contribution in [-0.4, -0.2) is 44.6 Å². The number of aromatic amines is 2. The molecule has 3 rings (SSSR count). The number of benzene rings is 1. The average molecular weight is 331 g/mol. The molecule has 1 aliphatic rings. The van der Waals surface area contributed by atoms with Gasteiger partial charge in [-0.25, -0.2) is 4.79 Å². The van der Waals surface area contributed by atoms with Crippen molar-refractivity contribution in [2.24, 2.45) is 0 Å². The molecule has 3 N–H and O–H groups in total. The van der Waals surface area contributed by atoms with Gasteiger partial charge in [0, 0.05) is 19.0 Å². The van der Waals surface area contributed by atoms with E-state index in [0.29, 0.717) is 12.8 Å². The van der Waals surface area contributed by atoms with Gasteiger partial charge < -0.3 is 20.0 Å². The lowest BCUT2D eigenvalue weighted by Gasteiger charge is -2.25. The highest BCUT2D eigenvalue weighted by molar-refractivity contribution is 5.77. The minimum absolute atomic E-state index is 0.189. The molecule has 6 nitrogen and oxygen atoms in total. The van der Waals surface area contributed by atoms with Gasteiger partial charge in [-0.15, -0.1) is 0 Å². The number of imidazole rings is 1. The molecule has 6 heteroatoms. The molecule has 24 heavy (non-hydrogen) atoms. The summed E-state index contributed by atoms with van der Waals surface area (Å²) in [6.07, 6.45) is 4.45. The van der Waals surface area contributed by atoms with Gasteiger partial charge in [-0.3, -0.25) is 4.79 Å². The summed E-state index contributed by atoms with van der Waals surface area (Å²) >= 11 is 0. The Morgan fingerprint density at radius 2 is 2.17 bits per heavy atom. The van der Waals surface area contributed by atoms with Crippen molar-refractivity contribution in [1.82, 2.24) is 14.9 Å². The molecule has 2 unspecified atom stereocenters. The van der Waals surface area contributed by atoms with E-state index < -0.39 is 0 Å². The second-order valence-corrected chi connectivity index (χ2v) is 6.78. The molecule has 0 bridgehead atoms. The molecule has 1 aromatic heterocycles. The Morgan fingerprint density at radius 1 is 1.38 bits per heavy atom. The highest BCUT2D eigenvalue weighted by Gasteiger charge is 2.28. The zero-order valence-corrected chi connectivity index (χ0v) is 14.0. The number of nitrogens with one attached hydrogen (secondary N) is 2. The molecule has 0 radical (unpaired) electrons. The number of carbonyl (C=O) groups is 1. The van der Waals surface area contributed by atoms with E-state index in [0.717, 1.165) is 48.8 Å². The Bertz CT molecular complexity index is 762. The van der Waals surface area contributed by atoms with Crippen molar-refractivity contribution in [2.75, 3.05) is 6.54 Å². The minimum Gasteiger partial charge on any atom is -0.393 e. The number of fused-ring (bicyclic) bond motifs is 1. The zero-order chi connectivity index (χ0) is 17.1. The maximum atomic E-state index is 12.4. The summed E-state index contributed by atoms with van der Waals surface area (Å²) in [4.78, 5) is 31.1.